The summed E-state index contributed by atoms with van der Waals surface area (Å²) in [5.41, 5.74) is 0. The third kappa shape index (κ3) is 2.71. The highest BCUT2D eigenvalue weighted by molar-refractivity contribution is 5.81. The third-order valence-corrected chi connectivity index (χ3v) is 3.88. The first-order chi connectivity index (χ1) is 7.18. The molecule has 15 heavy (non-hydrogen) atoms. The Morgan fingerprint density at radius 3 is 2.60 bits per heavy atom. The van der Waals surface area contributed by atoms with Crippen LogP contribution in [0.25, 0.3) is 0 Å². The van der Waals surface area contributed by atoms with Gasteiger partial charge in [0.05, 0.1) is 6.10 Å². The van der Waals surface area contributed by atoms with E-state index in [-0.39, 0.29) is 17.9 Å². The van der Waals surface area contributed by atoms with Gasteiger partial charge in [-0.05, 0) is 31.1 Å². The van der Waals surface area contributed by atoms with Crippen molar-refractivity contribution in [1.82, 2.24) is 5.32 Å². The minimum absolute atomic E-state index is 0.138. The van der Waals surface area contributed by atoms with Crippen LogP contribution in [0.1, 0.15) is 39.0 Å². The van der Waals surface area contributed by atoms with Crippen molar-refractivity contribution >= 4 is 5.91 Å². The molecule has 1 amide bonds. The van der Waals surface area contributed by atoms with Gasteiger partial charge in [0.15, 0.2) is 0 Å². The first kappa shape index (κ1) is 10.9. The number of carbonyl (C=O) groups excluding carboxylic acids is 1. The molecule has 86 valence electrons. The van der Waals surface area contributed by atoms with Gasteiger partial charge in [-0.3, -0.25) is 4.79 Å². The van der Waals surface area contributed by atoms with Gasteiger partial charge in [-0.1, -0.05) is 19.8 Å². The highest BCUT2D eigenvalue weighted by Crippen LogP contribution is 2.37. The van der Waals surface area contributed by atoms with Gasteiger partial charge in [0, 0.05) is 12.5 Å². The van der Waals surface area contributed by atoms with Crippen LogP contribution in [0.2, 0.25) is 0 Å². The van der Waals surface area contributed by atoms with E-state index in [2.05, 4.69) is 12.2 Å². The first-order valence-corrected chi connectivity index (χ1v) is 6.14. The van der Waals surface area contributed by atoms with Gasteiger partial charge in [0.25, 0.3) is 0 Å². The highest BCUT2D eigenvalue weighted by Gasteiger charge is 2.39. The lowest BCUT2D eigenvalue weighted by atomic mass is 10.0. The number of carbonyl (C=O) groups is 1. The lowest BCUT2D eigenvalue weighted by molar-refractivity contribution is -0.123. The topological polar surface area (TPSA) is 49.3 Å². The van der Waals surface area contributed by atoms with Gasteiger partial charge in [0.2, 0.25) is 5.91 Å². The molecule has 0 bridgehead atoms. The SMILES string of the molecule is CC1CC1C(=O)NCC(O)C1CCCC1. The van der Waals surface area contributed by atoms with Gasteiger partial charge < -0.3 is 10.4 Å². The van der Waals surface area contributed by atoms with Gasteiger partial charge in [-0.25, -0.2) is 0 Å². The molecule has 0 radical (unpaired) electrons. The Hall–Kier alpha value is -0.570. The summed E-state index contributed by atoms with van der Waals surface area (Å²) in [6, 6.07) is 0. The standard InChI is InChI=1S/C12H21NO2/c1-8-6-10(8)12(15)13-7-11(14)9-4-2-3-5-9/h8-11,14H,2-7H2,1H3,(H,13,15). The first-order valence-electron chi connectivity index (χ1n) is 6.14. The van der Waals surface area contributed by atoms with Crippen LogP contribution in [-0.2, 0) is 4.79 Å². The van der Waals surface area contributed by atoms with E-state index in [1.807, 2.05) is 0 Å². The minimum Gasteiger partial charge on any atom is -0.391 e. The normalized spacial score (nSPS) is 32.7. The molecule has 2 N–H and O–H groups in total. The van der Waals surface area contributed by atoms with Crippen LogP contribution in [0.5, 0.6) is 0 Å². The third-order valence-electron chi connectivity index (χ3n) is 3.88. The summed E-state index contributed by atoms with van der Waals surface area (Å²) < 4.78 is 0. The fourth-order valence-electron chi connectivity index (χ4n) is 2.53. The van der Waals surface area contributed by atoms with Crippen LogP contribution >= 0.6 is 0 Å². The van der Waals surface area contributed by atoms with Gasteiger partial charge in [-0.2, -0.15) is 0 Å². The summed E-state index contributed by atoms with van der Waals surface area (Å²) in [5, 5.41) is 12.7. The van der Waals surface area contributed by atoms with Crippen molar-refractivity contribution < 1.29 is 9.90 Å². The summed E-state index contributed by atoms with van der Waals surface area (Å²) >= 11 is 0. The molecule has 0 saturated heterocycles. The molecule has 3 nitrogen and oxygen atoms in total. The maximum Gasteiger partial charge on any atom is 0.223 e. The number of aliphatic hydroxyl groups is 1. The Balaban J connectivity index is 1.66. The molecular formula is C12H21NO2. The highest BCUT2D eigenvalue weighted by atomic mass is 16.3. The predicted molar refractivity (Wildman–Crippen MR) is 58.2 cm³/mol. The lowest BCUT2D eigenvalue weighted by Gasteiger charge is -2.17. The molecule has 0 aromatic heterocycles. The predicted octanol–water partition coefficient (Wildman–Crippen LogP) is 1.31. The molecule has 2 aliphatic rings. The molecule has 0 aromatic rings. The molecule has 3 unspecified atom stereocenters. The van der Waals surface area contributed by atoms with Crippen LogP contribution in [0.15, 0.2) is 0 Å². The maximum atomic E-state index is 11.5. The number of amides is 1. The zero-order chi connectivity index (χ0) is 10.8. The Bertz CT molecular complexity index is 236. The zero-order valence-corrected chi connectivity index (χ0v) is 9.41. The van der Waals surface area contributed by atoms with Crippen molar-refractivity contribution in [2.24, 2.45) is 17.8 Å². The van der Waals surface area contributed by atoms with E-state index in [9.17, 15) is 9.90 Å². The Kier molecular flexibility index (Phi) is 3.29. The molecule has 0 aliphatic heterocycles. The van der Waals surface area contributed by atoms with Gasteiger partial charge in [-0.15, -0.1) is 0 Å². The van der Waals surface area contributed by atoms with Crippen LogP contribution in [0.4, 0.5) is 0 Å². The molecular weight excluding hydrogens is 190 g/mol. The minimum atomic E-state index is -0.328. The molecule has 0 heterocycles. The quantitative estimate of drug-likeness (QED) is 0.736. The van der Waals surface area contributed by atoms with Crippen molar-refractivity contribution in [3.63, 3.8) is 0 Å². The Labute approximate surface area is 91.2 Å². The van der Waals surface area contributed by atoms with E-state index < -0.39 is 0 Å². The van der Waals surface area contributed by atoms with Crippen LogP contribution in [-0.4, -0.2) is 23.7 Å². The monoisotopic (exact) mass is 211 g/mol. The number of nitrogens with one attached hydrogen (secondary N) is 1. The van der Waals surface area contributed by atoms with Crippen molar-refractivity contribution in [2.45, 2.75) is 45.1 Å². The van der Waals surface area contributed by atoms with Crippen LogP contribution < -0.4 is 5.32 Å². The fraction of sp³-hybridized carbons (Fsp3) is 0.917. The van der Waals surface area contributed by atoms with Gasteiger partial charge in [0.1, 0.15) is 0 Å². The lowest BCUT2D eigenvalue weighted by Crippen LogP contribution is -2.36. The maximum absolute atomic E-state index is 11.5. The molecule has 3 heteroatoms. The van der Waals surface area contributed by atoms with E-state index in [0.29, 0.717) is 18.4 Å². The second-order valence-corrected chi connectivity index (χ2v) is 5.18. The number of rotatable bonds is 4. The molecule has 0 aromatic carbocycles. The van der Waals surface area contributed by atoms with Crippen molar-refractivity contribution in [2.75, 3.05) is 6.54 Å². The van der Waals surface area contributed by atoms with Gasteiger partial charge >= 0.3 is 0 Å². The summed E-state index contributed by atoms with van der Waals surface area (Å²) in [6.07, 6.45) is 5.40. The van der Waals surface area contributed by atoms with Crippen molar-refractivity contribution in [1.29, 1.82) is 0 Å². The summed E-state index contributed by atoms with van der Waals surface area (Å²) in [4.78, 5) is 11.5. The Morgan fingerprint density at radius 2 is 2.07 bits per heavy atom. The molecule has 2 aliphatic carbocycles. The van der Waals surface area contributed by atoms with E-state index in [1.165, 1.54) is 12.8 Å². The van der Waals surface area contributed by atoms with E-state index >= 15 is 0 Å². The fourth-order valence-corrected chi connectivity index (χ4v) is 2.53. The largest absolute Gasteiger partial charge is 0.391 e. The summed E-state index contributed by atoms with van der Waals surface area (Å²) in [6.45, 7) is 2.55. The van der Waals surface area contributed by atoms with Crippen molar-refractivity contribution in [3.8, 4) is 0 Å². The number of hydrogen-bond acceptors (Lipinski definition) is 2. The number of aliphatic hydroxyl groups excluding tert-OH is 1. The molecule has 2 fully saturated rings. The number of hydrogen-bond donors (Lipinski definition) is 2. The van der Waals surface area contributed by atoms with E-state index in [1.54, 1.807) is 0 Å². The molecule has 3 atom stereocenters. The van der Waals surface area contributed by atoms with E-state index in [4.69, 9.17) is 0 Å². The van der Waals surface area contributed by atoms with Crippen LogP contribution in [0.3, 0.4) is 0 Å². The average molecular weight is 211 g/mol. The summed E-state index contributed by atoms with van der Waals surface area (Å²) in [5.74, 6) is 1.33. The zero-order valence-electron chi connectivity index (χ0n) is 9.41. The van der Waals surface area contributed by atoms with Crippen molar-refractivity contribution in [3.05, 3.63) is 0 Å². The smallest absolute Gasteiger partial charge is 0.223 e. The molecule has 2 saturated carbocycles. The second-order valence-electron chi connectivity index (χ2n) is 5.18. The molecule has 0 spiro atoms. The van der Waals surface area contributed by atoms with E-state index in [0.717, 1.165) is 19.3 Å². The second kappa shape index (κ2) is 4.52. The molecule has 2 rings (SSSR count). The average Bonchev–Trinajstić information content (AvgIpc) is 2.75. The van der Waals surface area contributed by atoms with Crippen LogP contribution in [0, 0.1) is 17.8 Å². The Morgan fingerprint density at radius 1 is 1.47 bits per heavy atom. The summed E-state index contributed by atoms with van der Waals surface area (Å²) in [7, 11) is 0.